The molecule has 2 aliphatic heterocycles. The van der Waals surface area contributed by atoms with E-state index in [9.17, 15) is 4.79 Å². The first-order valence-electron chi connectivity index (χ1n) is 9.75. The predicted octanol–water partition coefficient (Wildman–Crippen LogP) is 2.46. The Bertz CT molecular complexity index is 624. The van der Waals surface area contributed by atoms with Gasteiger partial charge in [-0.3, -0.25) is 9.48 Å². The van der Waals surface area contributed by atoms with E-state index >= 15 is 0 Å². The third kappa shape index (κ3) is 3.22. The van der Waals surface area contributed by atoms with Crippen LogP contribution in [0, 0.1) is 5.92 Å². The molecule has 1 atom stereocenters. The molecule has 1 unspecified atom stereocenters. The summed E-state index contributed by atoms with van der Waals surface area (Å²) in [5.41, 5.74) is 3.58. The minimum absolute atomic E-state index is 0.126. The number of amides is 1. The number of carbonyl (C=O) groups is 1. The van der Waals surface area contributed by atoms with E-state index < -0.39 is 0 Å². The second kappa shape index (κ2) is 7.46. The van der Waals surface area contributed by atoms with Crippen molar-refractivity contribution in [2.24, 2.45) is 5.92 Å². The number of nitrogens with zero attached hydrogens (tertiary/aromatic N) is 3. The number of hydrogen-bond acceptors (Lipinski definition) is 4. The number of fused-ring (bicyclic) bond motifs is 1. The monoisotopic (exact) mass is 347 g/mol. The minimum atomic E-state index is 0.126. The fourth-order valence-electron chi connectivity index (χ4n) is 4.33. The van der Waals surface area contributed by atoms with Gasteiger partial charge in [-0.25, -0.2) is 0 Å². The smallest absolute Gasteiger partial charge is 0.226 e. The van der Waals surface area contributed by atoms with Crippen LogP contribution in [0.3, 0.4) is 0 Å². The molecule has 1 aromatic heterocycles. The third-order valence-corrected chi connectivity index (χ3v) is 5.99. The summed E-state index contributed by atoms with van der Waals surface area (Å²) in [5, 5.41) is 4.95. The Kier molecular flexibility index (Phi) is 5.08. The number of ether oxygens (including phenoxy) is 2. The van der Waals surface area contributed by atoms with Gasteiger partial charge in [0.1, 0.15) is 0 Å². The Morgan fingerprint density at radius 2 is 2.16 bits per heavy atom. The molecule has 2 fully saturated rings. The Morgan fingerprint density at radius 1 is 1.28 bits per heavy atom. The van der Waals surface area contributed by atoms with Gasteiger partial charge in [-0.2, -0.15) is 5.10 Å². The van der Waals surface area contributed by atoms with Gasteiger partial charge in [-0.15, -0.1) is 0 Å². The second-order valence-electron chi connectivity index (χ2n) is 7.50. The lowest BCUT2D eigenvalue weighted by atomic mass is 9.83. The highest BCUT2D eigenvalue weighted by molar-refractivity contribution is 5.80. The second-order valence-corrected chi connectivity index (χ2v) is 7.50. The van der Waals surface area contributed by atoms with Gasteiger partial charge in [0, 0.05) is 37.3 Å². The molecule has 0 N–H and O–H groups in total. The standard InChI is InChI=1S/C19H29N3O3/c1-24-12-10-22-16-8-11-25-13-15(16)18(20-22)17-7-2-3-9-21(17)19(23)14-5-4-6-14/h14,17H,2-13H2,1H3. The SMILES string of the molecule is COCCn1nc(C2CCCCN2C(=O)C2CCC2)c2c1CCOC2. The Labute approximate surface area is 149 Å². The highest BCUT2D eigenvalue weighted by Gasteiger charge is 2.38. The zero-order valence-corrected chi connectivity index (χ0v) is 15.2. The average molecular weight is 347 g/mol. The van der Waals surface area contributed by atoms with Crippen LogP contribution in [-0.4, -0.2) is 47.5 Å². The summed E-state index contributed by atoms with van der Waals surface area (Å²) in [5.74, 6) is 0.608. The van der Waals surface area contributed by atoms with Crippen LogP contribution in [0.25, 0.3) is 0 Å². The van der Waals surface area contributed by atoms with Gasteiger partial charge in [0.25, 0.3) is 0 Å². The van der Waals surface area contributed by atoms with Crippen molar-refractivity contribution in [2.45, 2.75) is 64.1 Å². The van der Waals surface area contributed by atoms with E-state index in [4.69, 9.17) is 14.6 Å². The molecule has 1 aromatic rings. The van der Waals surface area contributed by atoms with E-state index in [2.05, 4.69) is 9.58 Å². The highest BCUT2D eigenvalue weighted by atomic mass is 16.5. The van der Waals surface area contributed by atoms with Crippen molar-refractivity contribution in [1.82, 2.24) is 14.7 Å². The van der Waals surface area contributed by atoms with Gasteiger partial charge in [0.15, 0.2) is 0 Å². The molecule has 1 aliphatic carbocycles. The van der Waals surface area contributed by atoms with Crippen LogP contribution in [0.1, 0.15) is 61.5 Å². The molecule has 0 aromatic carbocycles. The first kappa shape index (κ1) is 17.0. The minimum Gasteiger partial charge on any atom is -0.383 e. The van der Waals surface area contributed by atoms with Gasteiger partial charge in [-0.05, 0) is 32.1 Å². The molecule has 1 saturated heterocycles. The van der Waals surface area contributed by atoms with Crippen LogP contribution in [0.5, 0.6) is 0 Å². The van der Waals surface area contributed by atoms with Gasteiger partial charge < -0.3 is 14.4 Å². The van der Waals surface area contributed by atoms with E-state index in [1.807, 2.05) is 0 Å². The Morgan fingerprint density at radius 3 is 2.92 bits per heavy atom. The normalized spacial score (nSPS) is 24.0. The van der Waals surface area contributed by atoms with E-state index in [-0.39, 0.29) is 12.0 Å². The summed E-state index contributed by atoms with van der Waals surface area (Å²) < 4.78 is 13.1. The fourth-order valence-corrected chi connectivity index (χ4v) is 4.33. The summed E-state index contributed by atoms with van der Waals surface area (Å²) in [6, 6.07) is 0.126. The number of piperidine rings is 1. The van der Waals surface area contributed by atoms with Crippen LogP contribution in [-0.2, 0) is 33.8 Å². The van der Waals surface area contributed by atoms with Crippen LogP contribution < -0.4 is 0 Å². The number of aromatic nitrogens is 2. The maximum Gasteiger partial charge on any atom is 0.226 e. The molecular formula is C19H29N3O3. The van der Waals surface area contributed by atoms with Crippen molar-refractivity contribution >= 4 is 5.91 Å². The molecule has 6 heteroatoms. The maximum absolute atomic E-state index is 13.0. The third-order valence-electron chi connectivity index (χ3n) is 5.99. The van der Waals surface area contributed by atoms with Crippen LogP contribution in [0.2, 0.25) is 0 Å². The summed E-state index contributed by atoms with van der Waals surface area (Å²) >= 11 is 0. The largest absolute Gasteiger partial charge is 0.383 e. The van der Waals surface area contributed by atoms with Gasteiger partial charge in [0.2, 0.25) is 5.91 Å². The van der Waals surface area contributed by atoms with Crippen molar-refractivity contribution in [1.29, 1.82) is 0 Å². The molecule has 25 heavy (non-hydrogen) atoms. The molecule has 3 aliphatic rings. The molecule has 6 nitrogen and oxygen atoms in total. The number of hydrogen-bond donors (Lipinski definition) is 0. The first-order chi connectivity index (χ1) is 12.3. The topological polar surface area (TPSA) is 56.6 Å². The Balaban J connectivity index is 1.63. The quantitative estimate of drug-likeness (QED) is 0.821. The molecule has 4 rings (SSSR count). The van der Waals surface area contributed by atoms with Crippen molar-refractivity contribution in [3.05, 3.63) is 17.0 Å². The molecule has 0 bridgehead atoms. The van der Waals surface area contributed by atoms with Crippen LogP contribution in [0.4, 0.5) is 0 Å². The van der Waals surface area contributed by atoms with Gasteiger partial charge >= 0.3 is 0 Å². The van der Waals surface area contributed by atoms with E-state index in [0.29, 0.717) is 19.1 Å². The fraction of sp³-hybridized carbons (Fsp3) is 0.789. The average Bonchev–Trinajstić information content (AvgIpc) is 2.97. The lowest BCUT2D eigenvalue weighted by Crippen LogP contribution is -2.44. The van der Waals surface area contributed by atoms with E-state index in [1.165, 1.54) is 24.1 Å². The summed E-state index contributed by atoms with van der Waals surface area (Å²) in [6.45, 7) is 3.67. The van der Waals surface area contributed by atoms with Crippen molar-refractivity contribution in [2.75, 3.05) is 26.9 Å². The molecule has 1 saturated carbocycles. The molecule has 0 spiro atoms. The van der Waals surface area contributed by atoms with Gasteiger partial charge in [-0.1, -0.05) is 6.42 Å². The van der Waals surface area contributed by atoms with Crippen molar-refractivity contribution in [3.8, 4) is 0 Å². The van der Waals surface area contributed by atoms with Crippen LogP contribution >= 0.6 is 0 Å². The zero-order chi connectivity index (χ0) is 17.2. The Hall–Kier alpha value is -1.40. The van der Waals surface area contributed by atoms with Crippen molar-refractivity contribution < 1.29 is 14.3 Å². The molecule has 138 valence electrons. The van der Waals surface area contributed by atoms with Crippen LogP contribution in [0.15, 0.2) is 0 Å². The van der Waals surface area contributed by atoms with Crippen molar-refractivity contribution in [3.63, 3.8) is 0 Å². The highest BCUT2D eigenvalue weighted by Crippen LogP contribution is 2.38. The molecule has 0 radical (unpaired) electrons. The number of carbonyl (C=O) groups excluding carboxylic acids is 1. The first-order valence-corrected chi connectivity index (χ1v) is 9.75. The number of methoxy groups -OCH3 is 1. The van der Waals surface area contributed by atoms with Gasteiger partial charge in [0.05, 0.1) is 38.1 Å². The maximum atomic E-state index is 13.0. The van der Waals surface area contributed by atoms with E-state index in [0.717, 1.165) is 57.5 Å². The number of likely N-dealkylation sites (tertiary alicyclic amines) is 1. The zero-order valence-electron chi connectivity index (χ0n) is 15.2. The molecule has 1 amide bonds. The van der Waals surface area contributed by atoms with E-state index in [1.54, 1.807) is 7.11 Å². The molecular weight excluding hydrogens is 318 g/mol. The molecule has 3 heterocycles. The lowest BCUT2D eigenvalue weighted by Gasteiger charge is -2.39. The number of rotatable bonds is 5. The summed E-state index contributed by atoms with van der Waals surface area (Å²) in [4.78, 5) is 15.1. The predicted molar refractivity (Wildman–Crippen MR) is 93.1 cm³/mol. The lowest BCUT2D eigenvalue weighted by molar-refractivity contribution is -0.142. The summed E-state index contributed by atoms with van der Waals surface area (Å²) in [6.07, 6.45) is 7.51. The summed E-state index contributed by atoms with van der Waals surface area (Å²) in [7, 11) is 1.72.